The van der Waals surface area contributed by atoms with Crippen molar-refractivity contribution in [3.8, 4) is 17.4 Å². The summed E-state index contributed by atoms with van der Waals surface area (Å²) < 4.78 is 10.9. The third-order valence-electron chi connectivity index (χ3n) is 2.45. The second-order valence-corrected chi connectivity index (χ2v) is 4.47. The summed E-state index contributed by atoms with van der Waals surface area (Å²) in [6.07, 6.45) is 3.39. The zero-order valence-corrected chi connectivity index (χ0v) is 11.5. The zero-order chi connectivity index (χ0) is 13.7. The summed E-state index contributed by atoms with van der Waals surface area (Å²) in [6.45, 7) is -0.0409. The van der Waals surface area contributed by atoms with E-state index in [-0.39, 0.29) is 6.61 Å². The van der Waals surface area contributed by atoms with Crippen molar-refractivity contribution in [3.05, 3.63) is 36.2 Å². The van der Waals surface area contributed by atoms with Crippen molar-refractivity contribution in [1.29, 1.82) is 0 Å². The second-order valence-electron chi connectivity index (χ2n) is 3.64. The third-order valence-corrected chi connectivity index (χ3v) is 3.09. The zero-order valence-electron chi connectivity index (χ0n) is 10.7. The highest BCUT2D eigenvalue weighted by molar-refractivity contribution is 7.98. The lowest BCUT2D eigenvalue weighted by Gasteiger charge is -2.10. The normalized spacial score (nSPS) is 10.3. The van der Waals surface area contributed by atoms with E-state index in [2.05, 4.69) is 9.97 Å². The molecule has 0 bridgehead atoms. The van der Waals surface area contributed by atoms with Crippen molar-refractivity contribution in [2.24, 2.45) is 0 Å². The van der Waals surface area contributed by atoms with Crippen LogP contribution in [-0.4, -0.2) is 28.4 Å². The average Bonchev–Trinajstić information content (AvgIpc) is 2.48. The first-order valence-electron chi connectivity index (χ1n) is 5.58. The van der Waals surface area contributed by atoms with E-state index in [1.54, 1.807) is 31.4 Å². The molecule has 2 aromatic rings. The molecule has 2 rings (SSSR count). The van der Waals surface area contributed by atoms with E-state index < -0.39 is 0 Å². The summed E-state index contributed by atoms with van der Waals surface area (Å²) in [5.74, 6) is 1.55. The van der Waals surface area contributed by atoms with E-state index in [9.17, 15) is 0 Å². The predicted octanol–water partition coefficient (Wildman–Crippen LogP) is 2.49. The van der Waals surface area contributed by atoms with Crippen LogP contribution in [0.3, 0.4) is 0 Å². The predicted molar refractivity (Wildman–Crippen MR) is 72.8 cm³/mol. The SMILES string of the molecule is COc1cc(CO)ccc1Oc1cc(SC)ncn1. The molecule has 0 aliphatic carbocycles. The summed E-state index contributed by atoms with van der Waals surface area (Å²) in [5.41, 5.74) is 0.761. The number of aliphatic hydroxyl groups excluding tert-OH is 1. The van der Waals surface area contributed by atoms with Crippen LogP contribution in [0, 0.1) is 0 Å². The van der Waals surface area contributed by atoms with Gasteiger partial charge in [0.05, 0.1) is 13.7 Å². The van der Waals surface area contributed by atoms with Crippen LogP contribution in [0.1, 0.15) is 5.56 Å². The van der Waals surface area contributed by atoms with Gasteiger partial charge < -0.3 is 14.6 Å². The van der Waals surface area contributed by atoms with Gasteiger partial charge in [-0.15, -0.1) is 11.8 Å². The molecule has 5 nitrogen and oxygen atoms in total. The van der Waals surface area contributed by atoms with Gasteiger partial charge in [-0.25, -0.2) is 9.97 Å². The number of nitrogens with zero attached hydrogens (tertiary/aromatic N) is 2. The molecule has 0 saturated heterocycles. The van der Waals surface area contributed by atoms with E-state index >= 15 is 0 Å². The highest BCUT2D eigenvalue weighted by Gasteiger charge is 2.08. The summed E-state index contributed by atoms with van der Waals surface area (Å²) in [5, 5.41) is 9.92. The lowest BCUT2D eigenvalue weighted by Crippen LogP contribution is -1.94. The number of aliphatic hydroxyl groups is 1. The number of hydrogen-bond acceptors (Lipinski definition) is 6. The van der Waals surface area contributed by atoms with Gasteiger partial charge in [0.2, 0.25) is 5.88 Å². The first-order valence-corrected chi connectivity index (χ1v) is 6.81. The van der Waals surface area contributed by atoms with Gasteiger partial charge in [0.15, 0.2) is 11.5 Å². The Morgan fingerprint density at radius 1 is 1.21 bits per heavy atom. The van der Waals surface area contributed by atoms with Crippen LogP contribution in [-0.2, 0) is 6.61 Å². The van der Waals surface area contributed by atoms with Crippen LogP contribution < -0.4 is 9.47 Å². The number of rotatable bonds is 5. The number of hydrogen-bond donors (Lipinski definition) is 1. The van der Waals surface area contributed by atoms with Gasteiger partial charge in [0.25, 0.3) is 0 Å². The van der Waals surface area contributed by atoms with Crippen molar-refractivity contribution in [3.63, 3.8) is 0 Å². The standard InChI is InChI=1S/C13H14N2O3S/c1-17-11-5-9(7-16)3-4-10(11)18-12-6-13(19-2)15-8-14-12/h3-6,8,16H,7H2,1-2H3. The van der Waals surface area contributed by atoms with Gasteiger partial charge in [-0.05, 0) is 24.0 Å². The minimum atomic E-state index is -0.0409. The Balaban J connectivity index is 2.26. The monoisotopic (exact) mass is 278 g/mol. The molecule has 0 amide bonds. The highest BCUT2D eigenvalue weighted by atomic mass is 32.2. The fraction of sp³-hybridized carbons (Fsp3) is 0.231. The Morgan fingerprint density at radius 2 is 2.05 bits per heavy atom. The Labute approximate surface area is 115 Å². The van der Waals surface area contributed by atoms with Gasteiger partial charge in [-0.2, -0.15) is 0 Å². The maximum absolute atomic E-state index is 9.09. The van der Waals surface area contributed by atoms with E-state index in [0.29, 0.717) is 17.4 Å². The maximum Gasteiger partial charge on any atom is 0.223 e. The molecule has 19 heavy (non-hydrogen) atoms. The molecule has 1 aromatic carbocycles. The molecule has 0 radical (unpaired) electrons. The first-order chi connectivity index (χ1) is 9.26. The summed E-state index contributed by atoms with van der Waals surface area (Å²) in [7, 11) is 1.55. The van der Waals surface area contributed by atoms with Gasteiger partial charge in [-0.1, -0.05) is 6.07 Å². The topological polar surface area (TPSA) is 64.5 Å². The van der Waals surface area contributed by atoms with E-state index in [1.807, 2.05) is 6.26 Å². The van der Waals surface area contributed by atoms with Crippen molar-refractivity contribution in [2.75, 3.05) is 13.4 Å². The number of aromatic nitrogens is 2. The number of benzene rings is 1. The molecular weight excluding hydrogens is 264 g/mol. The molecule has 1 N–H and O–H groups in total. The fourth-order valence-corrected chi connectivity index (χ4v) is 1.87. The highest BCUT2D eigenvalue weighted by Crippen LogP contribution is 2.32. The molecule has 0 aliphatic heterocycles. The Hall–Kier alpha value is -1.79. The first kappa shape index (κ1) is 13.6. The minimum absolute atomic E-state index is 0.0409. The largest absolute Gasteiger partial charge is 0.493 e. The van der Waals surface area contributed by atoms with E-state index in [1.165, 1.54) is 18.1 Å². The molecule has 0 spiro atoms. The molecule has 6 heteroatoms. The maximum atomic E-state index is 9.09. The smallest absolute Gasteiger partial charge is 0.223 e. The molecular formula is C13H14N2O3S. The molecule has 0 aliphatic rings. The van der Waals surface area contributed by atoms with E-state index in [4.69, 9.17) is 14.6 Å². The number of thioether (sulfide) groups is 1. The summed E-state index contributed by atoms with van der Waals surface area (Å²) in [6, 6.07) is 7.00. The summed E-state index contributed by atoms with van der Waals surface area (Å²) in [4.78, 5) is 8.13. The molecule has 0 fully saturated rings. The fourth-order valence-electron chi connectivity index (χ4n) is 1.50. The lowest BCUT2D eigenvalue weighted by molar-refractivity contribution is 0.280. The second kappa shape index (κ2) is 6.40. The van der Waals surface area contributed by atoms with Gasteiger partial charge in [0.1, 0.15) is 11.4 Å². The Morgan fingerprint density at radius 3 is 2.74 bits per heavy atom. The van der Waals surface area contributed by atoms with Crippen molar-refractivity contribution in [2.45, 2.75) is 11.6 Å². The van der Waals surface area contributed by atoms with Crippen LogP contribution in [0.4, 0.5) is 0 Å². The Kier molecular flexibility index (Phi) is 4.59. The molecule has 0 unspecified atom stereocenters. The van der Waals surface area contributed by atoms with Crippen molar-refractivity contribution < 1.29 is 14.6 Å². The summed E-state index contributed by atoms with van der Waals surface area (Å²) >= 11 is 1.51. The van der Waals surface area contributed by atoms with Crippen LogP contribution in [0.5, 0.6) is 17.4 Å². The van der Waals surface area contributed by atoms with Crippen molar-refractivity contribution >= 4 is 11.8 Å². The molecule has 0 atom stereocenters. The van der Waals surface area contributed by atoms with E-state index in [0.717, 1.165) is 10.6 Å². The molecule has 100 valence electrons. The van der Waals surface area contributed by atoms with Gasteiger partial charge >= 0.3 is 0 Å². The lowest BCUT2D eigenvalue weighted by atomic mass is 10.2. The van der Waals surface area contributed by atoms with Gasteiger partial charge in [-0.3, -0.25) is 0 Å². The molecule has 0 saturated carbocycles. The van der Waals surface area contributed by atoms with Crippen LogP contribution in [0.2, 0.25) is 0 Å². The quantitative estimate of drug-likeness (QED) is 0.669. The van der Waals surface area contributed by atoms with Crippen LogP contribution >= 0.6 is 11.8 Å². The van der Waals surface area contributed by atoms with Gasteiger partial charge in [0, 0.05) is 6.07 Å². The number of methoxy groups -OCH3 is 1. The van der Waals surface area contributed by atoms with Crippen LogP contribution in [0.15, 0.2) is 35.6 Å². The molecule has 1 aromatic heterocycles. The number of ether oxygens (including phenoxy) is 2. The third kappa shape index (κ3) is 3.36. The average molecular weight is 278 g/mol. The Bertz CT molecular complexity index is 563. The minimum Gasteiger partial charge on any atom is -0.493 e. The molecule has 1 heterocycles. The van der Waals surface area contributed by atoms with Crippen LogP contribution in [0.25, 0.3) is 0 Å². The van der Waals surface area contributed by atoms with Crippen molar-refractivity contribution in [1.82, 2.24) is 9.97 Å².